The molecule has 19 heavy (non-hydrogen) atoms. The van der Waals surface area contributed by atoms with Crippen LogP contribution in [0.25, 0.3) is 0 Å². The molecule has 0 aliphatic heterocycles. The summed E-state index contributed by atoms with van der Waals surface area (Å²) in [5.74, 6) is 0.669. The topological polar surface area (TPSA) is 67.8 Å². The SMILES string of the molecule is Cc1ccc(F)cc1Oc1ccc(/C(N)=N/O)cc1. The van der Waals surface area contributed by atoms with Crippen molar-refractivity contribution in [3.8, 4) is 11.5 Å². The van der Waals surface area contributed by atoms with Gasteiger partial charge in [-0.1, -0.05) is 11.2 Å². The molecule has 0 amide bonds. The molecule has 0 bridgehead atoms. The Morgan fingerprint density at radius 1 is 1.21 bits per heavy atom. The van der Waals surface area contributed by atoms with Gasteiger partial charge >= 0.3 is 0 Å². The summed E-state index contributed by atoms with van der Waals surface area (Å²) >= 11 is 0. The van der Waals surface area contributed by atoms with Crippen LogP contribution < -0.4 is 10.5 Å². The number of benzene rings is 2. The molecule has 0 aliphatic carbocycles. The van der Waals surface area contributed by atoms with Crippen LogP contribution in [0.1, 0.15) is 11.1 Å². The second-order valence-corrected chi connectivity index (χ2v) is 4.02. The lowest BCUT2D eigenvalue weighted by atomic mass is 10.2. The maximum absolute atomic E-state index is 13.1. The predicted octanol–water partition coefficient (Wildman–Crippen LogP) is 3.02. The summed E-state index contributed by atoms with van der Waals surface area (Å²) in [5.41, 5.74) is 6.86. The number of hydrogen-bond donors (Lipinski definition) is 2. The molecule has 0 atom stereocenters. The molecule has 5 heteroatoms. The van der Waals surface area contributed by atoms with Gasteiger partial charge in [0.2, 0.25) is 0 Å². The third-order valence-corrected chi connectivity index (χ3v) is 2.64. The zero-order valence-electron chi connectivity index (χ0n) is 10.3. The number of rotatable bonds is 3. The zero-order valence-corrected chi connectivity index (χ0v) is 10.3. The second-order valence-electron chi connectivity index (χ2n) is 4.02. The predicted molar refractivity (Wildman–Crippen MR) is 70.2 cm³/mol. The van der Waals surface area contributed by atoms with E-state index in [1.54, 1.807) is 30.3 Å². The highest BCUT2D eigenvalue weighted by Gasteiger charge is 2.04. The van der Waals surface area contributed by atoms with Crippen molar-refractivity contribution >= 4 is 5.84 Å². The van der Waals surface area contributed by atoms with Gasteiger partial charge in [0.1, 0.15) is 17.3 Å². The van der Waals surface area contributed by atoms with Crippen molar-refractivity contribution < 1.29 is 14.3 Å². The van der Waals surface area contributed by atoms with Gasteiger partial charge in [-0.3, -0.25) is 0 Å². The first-order valence-corrected chi connectivity index (χ1v) is 5.62. The molecule has 0 aliphatic rings. The fourth-order valence-electron chi connectivity index (χ4n) is 1.56. The average molecular weight is 260 g/mol. The molecule has 0 heterocycles. The molecule has 2 aromatic carbocycles. The van der Waals surface area contributed by atoms with E-state index in [1.165, 1.54) is 12.1 Å². The van der Waals surface area contributed by atoms with Crippen molar-refractivity contribution in [3.05, 3.63) is 59.4 Å². The standard InChI is InChI=1S/C14H13FN2O2/c1-9-2-5-11(15)8-13(9)19-12-6-3-10(4-7-12)14(16)17-18/h2-8,18H,1H3,(H2,16,17). The Morgan fingerprint density at radius 3 is 2.53 bits per heavy atom. The molecule has 0 radical (unpaired) electrons. The van der Waals surface area contributed by atoms with E-state index in [0.29, 0.717) is 17.1 Å². The first kappa shape index (κ1) is 12.9. The Balaban J connectivity index is 2.22. The van der Waals surface area contributed by atoms with E-state index >= 15 is 0 Å². The number of nitrogens with two attached hydrogens (primary N) is 1. The maximum Gasteiger partial charge on any atom is 0.170 e. The lowest BCUT2D eigenvalue weighted by Gasteiger charge is -2.09. The van der Waals surface area contributed by atoms with Crippen LogP contribution in [0.3, 0.4) is 0 Å². The number of nitrogens with zero attached hydrogens (tertiary/aromatic N) is 1. The van der Waals surface area contributed by atoms with E-state index in [9.17, 15) is 4.39 Å². The Morgan fingerprint density at radius 2 is 1.89 bits per heavy atom. The first-order chi connectivity index (χ1) is 9.10. The average Bonchev–Trinajstić information content (AvgIpc) is 2.43. The summed E-state index contributed by atoms with van der Waals surface area (Å²) in [6.07, 6.45) is 0. The lowest BCUT2D eigenvalue weighted by Crippen LogP contribution is -2.12. The van der Waals surface area contributed by atoms with E-state index < -0.39 is 0 Å². The highest BCUT2D eigenvalue weighted by atomic mass is 19.1. The molecular formula is C14H13FN2O2. The van der Waals surface area contributed by atoms with E-state index in [1.807, 2.05) is 6.92 Å². The quantitative estimate of drug-likeness (QED) is 0.386. The van der Waals surface area contributed by atoms with Crippen molar-refractivity contribution in [3.63, 3.8) is 0 Å². The summed E-state index contributed by atoms with van der Waals surface area (Å²) in [6, 6.07) is 11.0. The largest absolute Gasteiger partial charge is 0.457 e. The molecule has 2 rings (SSSR count). The first-order valence-electron chi connectivity index (χ1n) is 5.62. The van der Waals surface area contributed by atoms with Gasteiger partial charge in [0.25, 0.3) is 0 Å². The molecule has 0 unspecified atom stereocenters. The van der Waals surface area contributed by atoms with Crippen molar-refractivity contribution in [1.29, 1.82) is 0 Å². The van der Waals surface area contributed by atoms with Gasteiger partial charge in [-0.25, -0.2) is 4.39 Å². The van der Waals surface area contributed by atoms with Gasteiger partial charge in [-0.2, -0.15) is 0 Å². The number of hydrogen-bond acceptors (Lipinski definition) is 3. The van der Waals surface area contributed by atoms with Gasteiger partial charge < -0.3 is 15.7 Å². The molecule has 98 valence electrons. The summed E-state index contributed by atoms with van der Waals surface area (Å²) in [5, 5.41) is 11.5. The lowest BCUT2D eigenvalue weighted by molar-refractivity contribution is 0.318. The van der Waals surface area contributed by atoms with Gasteiger partial charge in [-0.15, -0.1) is 0 Å². The number of aryl methyl sites for hydroxylation is 1. The van der Waals surface area contributed by atoms with E-state index in [-0.39, 0.29) is 11.7 Å². The molecule has 0 saturated heterocycles. The molecule has 3 N–H and O–H groups in total. The monoisotopic (exact) mass is 260 g/mol. The Hall–Kier alpha value is -2.56. The van der Waals surface area contributed by atoms with E-state index in [0.717, 1.165) is 5.56 Å². The van der Waals surface area contributed by atoms with Crippen molar-refractivity contribution in [2.24, 2.45) is 10.9 Å². The van der Waals surface area contributed by atoms with Crippen molar-refractivity contribution in [1.82, 2.24) is 0 Å². The van der Waals surface area contributed by atoms with Crippen LogP contribution in [0.4, 0.5) is 4.39 Å². The number of halogens is 1. The minimum absolute atomic E-state index is 0.0217. The number of amidine groups is 1. The highest BCUT2D eigenvalue weighted by molar-refractivity contribution is 5.97. The molecule has 0 fully saturated rings. The Labute approximate surface area is 109 Å². The minimum Gasteiger partial charge on any atom is -0.457 e. The zero-order chi connectivity index (χ0) is 13.8. The van der Waals surface area contributed by atoms with Gasteiger partial charge in [-0.05, 0) is 42.8 Å². The highest BCUT2D eigenvalue weighted by Crippen LogP contribution is 2.25. The molecule has 2 aromatic rings. The molecule has 0 spiro atoms. The molecule has 4 nitrogen and oxygen atoms in total. The summed E-state index contributed by atoms with van der Waals surface area (Å²) in [7, 11) is 0. The third kappa shape index (κ3) is 3.01. The van der Waals surface area contributed by atoms with Gasteiger partial charge in [0.15, 0.2) is 5.84 Å². The van der Waals surface area contributed by atoms with Crippen LogP contribution in [0.2, 0.25) is 0 Å². The van der Waals surface area contributed by atoms with Crippen LogP contribution >= 0.6 is 0 Å². The summed E-state index contributed by atoms with van der Waals surface area (Å²) in [4.78, 5) is 0. The van der Waals surface area contributed by atoms with Gasteiger partial charge in [0, 0.05) is 11.6 Å². The third-order valence-electron chi connectivity index (χ3n) is 2.64. The fourth-order valence-corrected chi connectivity index (χ4v) is 1.56. The second kappa shape index (κ2) is 5.39. The van der Waals surface area contributed by atoms with Crippen molar-refractivity contribution in [2.45, 2.75) is 6.92 Å². The van der Waals surface area contributed by atoms with E-state index in [2.05, 4.69) is 5.16 Å². The smallest absolute Gasteiger partial charge is 0.170 e. The summed E-state index contributed by atoms with van der Waals surface area (Å²) < 4.78 is 18.7. The van der Waals surface area contributed by atoms with Crippen molar-refractivity contribution in [2.75, 3.05) is 0 Å². The summed E-state index contributed by atoms with van der Waals surface area (Å²) in [6.45, 7) is 1.83. The normalized spacial score (nSPS) is 11.4. The Kier molecular flexibility index (Phi) is 3.66. The molecule has 0 saturated carbocycles. The van der Waals surface area contributed by atoms with Gasteiger partial charge in [0.05, 0.1) is 0 Å². The Bertz CT molecular complexity index is 609. The van der Waals surface area contributed by atoms with E-state index in [4.69, 9.17) is 15.7 Å². The van der Waals surface area contributed by atoms with Crippen LogP contribution in [0, 0.1) is 12.7 Å². The van der Waals surface area contributed by atoms with Crippen LogP contribution in [0.15, 0.2) is 47.6 Å². The van der Waals surface area contributed by atoms with Crippen LogP contribution in [-0.2, 0) is 0 Å². The fraction of sp³-hybridized carbons (Fsp3) is 0.0714. The maximum atomic E-state index is 13.1. The number of ether oxygens (including phenoxy) is 1. The van der Waals surface area contributed by atoms with Crippen LogP contribution in [0.5, 0.6) is 11.5 Å². The minimum atomic E-state index is -0.353. The molecular weight excluding hydrogens is 247 g/mol. The molecule has 0 aromatic heterocycles. The van der Waals surface area contributed by atoms with Crippen LogP contribution in [-0.4, -0.2) is 11.0 Å². The number of oxime groups is 1.